The molecule has 1 aromatic carbocycles. The zero-order chi connectivity index (χ0) is 17.3. The average Bonchev–Trinajstić information content (AvgIpc) is 3.20. The molecule has 1 saturated heterocycles. The molecule has 4 heterocycles. The molecule has 0 spiro atoms. The molecule has 1 atom stereocenters. The van der Waals surface area contributed by atoms with Gasteiger partial charge in [0.2, 0.25) is 0 Å². The third-order valence-corrected chi connectivity index (χ3v) is 6.69. The first-order valence-electron chi connectivity index (χ1n) is 9.69. The van der Waals surface area contributed by atoms with Gasteiger partial charge in [-0.2, -0.15) is 5.10 Å². The largest absolute Gasteiger partial charge is 0.311 e. The van der Waals surface area contributed by atoms with Crippen LogP contribution >= 0.6 is 11.3 Å². The highest BCUT2D eigenvalue weighted by Gasteiger charge is 2.25. The quantitative estimate of drug-likeness (QED) is 0.771. The summed E-state index contributed by atoms with van der Waals surface area (Å²) >= 11 is 1.87. The van der Waals surface area contributed by atoms with Crippen molar-refractivity contribution in [3.63, 3.8) is 0 Å². The van der Waals surface area contributed by atoms with Crippen LogP contribution in [0, 0.1) is 0 Å². The molecule has 6 heteroatoms. The Morgan fingerprint density at radius 2 is 2.15 bits per heavy atom. The Labute approximate surface area is 158 Å². The van der Waals surface area contributed by atoms with E-state index in [0.717, 1.165) is 44.7 Å². The molecule has 5 rings (SSSR count). The number of rotatable bonds is 3. The Morgan fingerprint density at radius 3 is 3.12 bits per heavy atom. The average molecular weight is 368 g/mol. The fourth-order valence-corrected chi connectivity index (χ4v) is 5.29. The van der Waals surface area contributed by atoms with E-state index in [4.69, 9.17) is 10.1 Å². The van der Waals surface area contributed by atoms with Gasteiger partial charge in [0.15, 0.2) is 0 Å². The Kier molecular flexibility index (Phi) is 4.48. The van der Waals surface area contributed by atoms with Crippen molar-refractivity contribution >= 4 is 21.6 Å². The number of thiazole rings is 1. The van der Waals surface area contributed by atoms with E-state index in [2.05, 4.69) is 45.2 Å². The van der Waals surface area contributed by atoms with Crippen LogP contribution in [-0.4, -0.2) is 39.3 Å². The molecule has 1 fully saturated rings. The summed E-state index contributed by atoms with van der Waals surface area (Å²) in [6.45, 7) is 6.30. The molecule has 2 aliphatic rings. The summed E-state index contributed by atoms with van der Waals surface area (Å²) in [6.07, 6.45) is 3.66. The molecule has 2 aromatic heterocycles. The molecular weight excluding hydrogens is 342 g/mol. The first-order chi connectivity index (χ1) is 12.8. The monoisotopic (exact) mass is 367 g/mol. The smallest absolute Gasteiger partial charge is 0.0982 e. The van der Waals surface area contributed by atoms with Gasteiger partial charge in [0.05, 0.1) is 26.6 Å². The second-order valence-electron chi connectivity index (χ2n) is 7.47. The van der Waals surface area contributed by atoms with E-state index in [0.29, 0.717) is 5.92 Å². The zero-order valence-electron chi connectivity index (χ0n) is 15.0. The number of aryl methyl sites for hydroxylation is 1. The first kappa shape index (κ1) is 16.4. The molecule has 3 aromatic rings. The number of hydrogen-bond donors (Lipinski definition) is 1. The van der Waals surface area contributed by atoms with Crippen LogP contribution in [0.1, 0.15) is 41.6 Å². The number of aromatic nitrogens is 3. The van der Waals surface area contributed by atoms with E-state index in [1.54, 1.807) is 0 Å². The summed E-state index contributed by atoms with van der Waals surface area (Å²) in [5, 5.41) is 9.65. The summed E-state index contributed by atoms with van der Waals surface area (Å²) in [4.78, 5) is 7.47. The number of para-hydroxylation sites is 1. The molecular formula is C20H25N5S. The van der Waals surface area contributed by atoms with Crippen molar-refractivity contribution in [2.75, 3.05) is 19.6 Å². The predicted molar refractivity (Wildman–Crippen MR) is 105 cm³/mol. The van der Waals surface area contributed by atoms with Crippen LogP contribution in [-0.2, 0) is 19.6 Å². The van der Waals surface area contributed by atoms with Gasteiger partial charge in [0.25, 0.3) is 0 Å². The molecule has 5 nitrogen and oxygen atoms in total. The topological polar surface area (TPSA) is 46.0 Å². The third kappa shape index (κ3) is 3.29. The molecule has 0 amide bonds. The SMILES string of the molecule is c1ccc2sc([C@@H]3CCCN(Cc4cc5n(n4)CCCNC5)C3)nc2c1. The minimum atomic E-state index is 0.559. The summed E-state index contributed by atoms with van der Waals surface area (Å²) in [6, 6.07) is 10.8. The van der Waals surface area contributed by atoms with Crippen LogP contribution in [0.2, 0.25) is 0 Å². The Bertz CT molecular complexity index is 842. The molecule has 0 radical (unpaired) electrons. The Balaban J connectivity index is 1.30. The van der Waals surface area contributed by atoms with Gasteiger partial charge < -0.3 is 5.32 Å². The Hall–Kier alpha value is -1.76. The number of hydrogen-bond acceptors (Lipinski definition) is 5. The van der Waals surface area contributed by atoms with Gasteiger partial charge >= 0.3 is 0 Å². The standard InChI is InChI=1S/C20H25N5S/c1-2-7-19-18(6-1)22-20(26-19)15-5-3-9-24(13-15)14-16-11-17-12-21-8-4-10-25(17)23-16/h1-2,6-7,11,15,21H,3-5,8-10,12-14H2/t15-/m1/s1. The van der Waals surface area contributed by atoms with Crippen molar-refractivity contribution in [3.05, 3.63) is 46.7 Å². The van der Waals surface area contributed by atoms with Crippen LogP contribution in [0.5, 0.6) is 0 Å². The summed E-state index contributed by atoms with van der Waals surface area (Å²) in [5.41, 5.74) is 3.70. The minimum Gasteiger partial charge on any atom is -0.311 e. The molecule has 0 aliphatic carbocycles. The van der Waals surface area contributed by atoms with Gasteiger partial charge in [-0.15, -0.1) is 11.3 Å². The maximum Gasteiger partial charge on any atom is 0.0982 e. The first-order valence-corrected chi connectivity index (χ1v) is 10.5. The summed E-state index contributed by atoms with van der Waals surface area (Å²) < 4.78 is 3.51. The van der Waals surface area contributed by atoms with E-state index in [1.807, 2.05) is 11.3 Å². The van der Waals surface area contributed by atoms with Gasteiger partial charge in [-0.1, -0.05) is 12.1 Å². The van der Waals surface area contributed by atoms with Crippen LogP contribution in [0.25, 0.3) is 10.2 Å². The van der Waals surface area contributed by atoms with E-state index in [9.17, 15) is 0 Å². The lowest BCUT2D eigenvalue weighted by molar-refractivity contribution is 0.197. The van der Waals surface area contributed by atoms with Gasteiger partial charge in [-0.3, -0.25) is 9.58 Å². The third-order valence-electron chi connectivity index (χ3n) is 5.49. The highest BCUT2D eigenvalue weighted by molar-refractivity contribution is 7.18. The van der Waals surface area contributed by atoms with E-state index >= 15 is 0 Å². The van der Waals surface area contributed by atoms with Crippen molar-refractivity contribution in [1.29, 1.82) is 0 Å². The number of nitrogens with zero attached hydrogens (tertiary/aromatic N) is 4. The second-order valence-corrected chi connectivity index (χ2v) is 8.54. The molecule has 2 aliphatic heterocycles. The van der Waals surface area contributed by atoms with E-state index < -0.39 is 0 Å². The fourth-order valence-electron chi connectivity index (χ4n) is 4.19. The van der Waals surface area contributed by atoms with Gasteiger partial charge in [-0.05, 0) is 50.6 Å². The fraction of sp³-hybridized carbons (Fsp3) is 0.500. The van der Waals surface area contributed by atoms with Crippen LogP contribution in [0.4, 0.5) is 0 Å². The lowest BCUT2D eigenvalue weighted by atomic mass is 9.98. The maximum absolute atomic E-state index is 4.91. The zero-order valence-corrected chi connectivity index (χ0v) is 15.8. The maximum atomic E-state index is 4.91. The summed E-state index contributed by atoms with van der Waals surface area (Å²) in [5.74, 6) is 0.559. The lowest BCUT2D eigenvalue weighted by Crippen LogP contribution is -2.34. The van der Waals surface area contributed by atoms with E-state index in [1.165, 1.54) is 40.5 Å². The molecule has 136 valence electrons. The molecule has 0 saturated carbocycles. The number of fused-ring (bicyclic) bond motifs is 2. The normalized spacial score (nSPS) is 21.6. The number of nitrogens with one attached hydrogen (secondary N) is 1. The molecule has 0 unspecified atom stereocenters. The van der Waals surface area contributed by atoms with Crippen molar-refractivity contribution < 1.29 is 0 Å². The molecule has 0 bridgehead atoms. The number of likely N-dealkylation sites (tertiary alicyclic amines) is 1. The van der Waals surface area contributed by atoms with Crippen molar-refractivity contribution in [2.24, 2.45) is 0 Å². The van der Waals surface area contributed by atoms with Gasteiger partial charge in [-0.25, -0.2) is 4.98 Å². The van der Waals surface area contributed by atoms with Gasteiger partial charge in [0, 0.05) is 32.1 Å². The minimum absolute atomic E-state index is 0.559. The Morgan fingerprint density at radius 1 is 1.19 bits per heavy atom. The second kappa shape index (κ2) is 7.10. The lowest BCUT2D eigenvalue weighted by Gasteiger charge is -2.31. The van der Waals surface area contributed by atoms with Gasteiger partial charge in [0.1, 0.15) is 0 Å². The molecule has 1 N–H and O–H groups in total. The highest BCUT2D eigenvalue weighted by atomic mass is 32.1. The van der Waals surface area contributed by atoms with Crippen LogP contribution in [0.15, 0.2) is 30.3 Å². The van der Waals surface area contributed by atoms with Crippen molar-refractivity contribution in [2.45, 2.75) is 44.8 Å². The van der Waals surface area contributed by atoms with Crippen LogP contribution < -0.4 is 5.32 Å². The molecule has 26 heavy (non-hydrogen) atoms. The highest BCUT2D eigenvalue weighted by Crippen LogP contribution is 2.33. The van der Waals surface area contributed by atoms with Crippen LogP contribution in [0.3, 0.4) is 0 Å². The number of piperidine rings is 1. The van der Waals surface area contributed by atoms with Crippen molar-refractivity contribution in [1.82, 2.24) is 25.0 Å². The summed E-state index contributed by atoms with van der Waals surface area (Å²) in [7, 11) is 0. The number of benzene rings is 1. The van der Waals surface area contributed by atoms with Crippen molar-refractivity contribution in [3.8, 4) is 0 Å². The predicted octanol–water partition coefficient (Wildman–Crippen LogP) is 3.37. The van der Waals surface area contributed by atoms with E-state index in [-0.39, 0.29) is 0 Å².